The van der Waals surface area contributed by atoms with Crippen molar-refractivity contribution >= 4 is 29.0 Å². The third kappa shape index (κ3) is 4.11. The fourth-order valence-electron chi connectivity index (χ4n) is 2.64. The van der Waals surface area contributed by atoms with Crippen LogP contribution in [-0.4, -0.2) is 23.5 Å². The molecule has 0 atom stereocenters. The number of aryl methyl sites for hydroxylation is 1. The van der Waals surface area contributed by atoms with Crippen LogP contribution in [0, 0.1) is 6.92 Å². The number of carbonyl (C=O) groups is 2. The van der Waals surface area contributed by atoms with E-state index in [4.69, 9.17) is 0 Å². The summed E-state index contributed by atoms with van der Waals surface area (Å²) in [5, 5.41) is 8.47. The maximum Gasteiger partial charge on any atom is 0.315 e. The predicted molar refractivity (Wildman–Crippen MR) is 94.0 cm³/mol. The first kappa shape index (κ1) is 16.4. The van der Waals surface area contributed by atoms with Crippen molar-refractivity contribution in [3.63, 3.8) is 0 Å². The monoisotopic (exact) mass is 344 g/mol. The van der Waals surface area contributed by atoms with E-state index in [0.717, 1.165) is 34.9 Å². The van der Waals surface area contributed by atoms with Gasteiger partial charge in [0.25, 0.3) is 0 Å². The Kier molecular flexibility index (Phi) is 5.10. The highest BCUT2D eigenvalue weighted by atomic mass is 32.1. The molecule has 7 heteroatoms. The van der Waals surface area contributed by atoms with Crippen LogP contribution < -0.4 is 15.5 Å². The first-order valence-corrected chi connectivity index (χ1v) is 8.82. The van der Waals surface area contributed by atoms with Crippen LogP contribution in [0.5, 0.6) is 0 Å². The van der Waals surface area contributed by atoms with E-state index in [2.05, 4.69) is 15.6 Å². The molecule has 1 aliphatic rings. The third-order valence-corrected chi connectivity index (χ3v) is 4.78. The van der Waals surface area contributed by atoms with E-state index in [0.29, 0.717) is 19.5 Å². The topological polar surface area (TPSA) is 74.3 Å². The number of carbonyl (C=O) groups excluding carboxylic acids is 2. The Morgan fingerprint density at radius 2 is 2.17 bits per heavy atom. The second-order valence-electron chi connectivity index (χ2n) is 5.74. The standard InChI is InChI=1S/C17H20N4O2S/c1-12-11-24-15(20-12)10-19-17(23)18-9-13-4-2-5-14(8-13)21-7-3-6-16(21)22/h2,4-5,8,11H,3,6-7,9-10H2,1H3,(H2,18,19,23). The molecule has 0 aliphatic carbocycles. The van der Waals surface area contributed by atoms with Crippen molar-refractivity contribution < 1.29 is 9.59 Å². The SMILES string of the molecule is Cc1csc(CNC(=O)NCc2cccc(N3CCCC3=O)c2)n1. The van der Waals surface area contributed by atoms with Gasteiger partial charge in [-0.2, -0.15) is 0 Å². The average Bonchev–Trinajstić information content (AvgIpc) is 3.19. The van der Waals surface area contributed by atoms with Gasteiger partial charge in [-0.25, -0.2) is 9.78 Å². The lowest BCUT2D eigenvalue weighted by molar-refractivity contribution is -0.117. The highest BCUT2D eigenvalue weighted by Gasteiger charge is 2.21. The summed E-state index contributed by atoms with van der Waals surface area (Å²) in [5.41, 5.74) is 2.83. The molecule has 24 heavy (non-hydrogen) atoms. The molecule has 0 bridgehead atoms. The number of aromatic nitrogens is 1. The highest BCUT2D eigenvalue weighted by molar-refractivity contribution is 7.09. The molecule has 1 saturated heterocycles. The highest BCUT2D eigenvalue weighted by Crippen LogP contribution is 2.22. The fourth-order valence-corrected chi connectivity index (χ4v) is 3.35. The van der Waals surface area contributed by atoms with Gasteiger partial charge in [-0.15, -0.1) is 11.3 Å². The first-order valence-electron chi connectivity index (χ1n) is 7.94. The summed E-state index contributed by atoms with van der Waals surface area (Å²) in [6.07, 6.45) is 1.51. The van der Waals surface area contributed by atoms with Gasteiger partial charge in [0.2, 0.25) is 5.91 Å². The number of rotatable bonds is 5. The Bertz CT molecular complexity index is 744. The molecule has 1 aromatic carbocycles. The number of amides is 3. The van der Waals surface area contributed by atoms with Crippen molar-refractivity contribution in [2.24, 2.45) is 0 Å². The van der Waals surface area contributed by atoms with Crippen LogP contribution in [0.2, 0.25) is 0 Å². The minimum Gasteiger partial charge on any atom is -0.334 e. The van der Waals surface area contributed by atoms with Crippen LogP contribution in [-0.2, 0) is 17.9 Å². The predicted octanol–water partition coefficient (Wildman–Crippen LogP) is 2.58. The Hall–Kier alpha value is -2.41. The summed E-state index contributed by atoms with van der Waals surface area (Å²) in [4.78, 5) is 29.8. The van der Waals surface area contributed by atoms with E-state index in [1.807, 2.05) is 36.6 Å². The number of nitrogens with one attached hydrogen (secondary N) is 2. The zero-order valence-electron chi connectivity index (χ0n) is 13.5. The van der Waals surface area contributed by atoms with E-state index in [9.17, 15) is 9.59 Å². The molecule has 3 rings (SSSR count). The molecule has 126 valence electrons. The number of thiazole rings is 1. The Morgan fingerprint density at radius 3 is 2.88 bits per heavy atom. The van der Waals surface area contributed by atoms with Gasteiger partial charge in [0.1, 0.15) is 5.01 Å². The second kappa shape index (κ2) is 7.44. The zero-order chi connectivity index (χ0) is 16.9. The van der Waals surface area contributed by atoms with Gasteiger partial charge in [-0.3, -0.25) is 4.79 Å². The number of hydrogen-bond acceptors (Lipinski definition) is 4. The molecular formula is C17H20N4O2S. The van der Waals surface area contributed by atoms with Crippen molar-refractivity contribution in [2.45, 2.75) is 32.9 Å². The van der Waals surface area contributed by atoms with Crippen LogP contribution in [0.15, 0.2) is 29.6 Å². The van der Waals surface area contributed by atoms with Crippen molar-refractivity contribution in [1.29, 1.82) is 0 Å². The van der Waals surface area contributed by atoms with Crippen LogP contribution in [0.1, 0.15) is 29.1 Å². The summed E-state index contributed by atoms with van der Waals surface area (Å²) < 4.78 is 0. The molecule has 2 N–H and O–H groups in total. The van der Waals surface area contributed by atoms with E-state index in [1.54, 1.807) is 4.90 Å². The van der Waals surface area contributed by atoms with Crippen LogP contribution in [0.3, 0.4) is 0 Å². The zero-order valence-corrected chi connectivity index (χ0v) is 14.4. The summed E-state index contributed by atoms with van der Waals surface area (Å²) >= 11 is 1.53. The molecule has 6 nitrogen and oxygen atoms in total. The van der Waals surface area contributed by atoms with Gasteiger partial charge in [-0.05, 0) is 31.0 Å². The quantitative estimate of drug-likeness (QED) is 0.875. The molecule has 3 amide bonds. The Labute approximate surface area is 144 Å². The molecular weight excluding hydrogens is 324 g/mol. The molecule has 0 unspecified atom stereocenters. The third-order valence-electron chi connectivity index (χ3n) is 3.82. The van der Waals surface area contributed by atoms with Crippen molar-refractivity contribution in [3.05, 3.63) is 45.9 Å². The number of urea groups is 1. The number of hydrogen-bond donors (Lipinski definition) is 2. The molecule has 0 spiro atoms. The number of nitrogens with zero attached hydrogens (tertiary/aromatic N) is 2. The van der Waals surface area contributed by atoms with Crippen LogP contribution in [0.4, 0.5) is 10.5 Å². The first-order chi connectivity index (χ1) is 11.6. The molecule has 0 saturated carbocycles. The van der Waals surface area contributed by atoms with Crippen molar-refractivity contribution in [1.82, 2.24) is 15.6 Å². The normalized spacial score (nSPS) is 14.0. The van der Waals surface area contributed by atoms with Gasteiger partial charge in [0, 0.05) is 36.3 Å². The minimum atomic E-state index is -0.231. The second-order valence-corrected chi connectivity index (χ2v) is 6.68. The molecule has 1 fully saturated rings. The van der Waals surface area contributed by atoms with Crippen molar-refractivity contribution in [3.8, 4) is 0 Å². The lowest BCUT2D eigenvalue weighted by atomic mass is 10.2. The van der Waals surface area contributed by atoms with Gasteiger partial charge in [0.15, 0.2) is 0 Å². The number of anilines is 1. The summed E-state index contributed by atoms with van der Waals surface area (Å²) in [7, 11) is 0. The van der Waals surface area contributed by atoms with E-state index < -0.39 is 0 Å². The van der Waals surface area contributed by atoms with Gasteiger partial charge >= 0.3 is 6.03 Å². The minimum absolute atomic E-state index is 0.164. The van der Waals surface area contributed by atoms with Crippen LogP contribution >= 0.6 is 11.3 Å². The lowest BCUT2D eigenvalue weighted by Crippen LogP contribution is -2.34. The number of benzene rings is 1. The maximum atomic E-state index is 11.9. The summed E-state index contributed by atoms with van der Waals surface area (Å²) in [6.45, 7) is 3.53. The van der Waals surface area contributed by atoms with Crippen molar-refractivity contribution in [2.75, 3.05) is 11.4 Å². The summed E-state index contributed by atoms with van der Waals surface area (Å²) in [6, 6.07) is 7.50. The van der Waals surface area contributed by atoms with E-state index >= 15 is 0 Å². The summed E-state index contributed by atoms with van der Waals surface area (Å²) in [5.74, 6) is 0.164. The smallest absolute Gasteiger partial charge is 0.315 e. The van der Waals surface area contributed by atoms with Crippen LogP contribution in [0.25, 0.3) is 0 Å². The molecule has 1 aliphatic heterocycles. The maximum absolute atomic E-state index is 11.9. The van der Waals surface area contributed by atoms with Gasteiger partial charge < -0.3 is 15.5 Å². The molecule has 0 radical (unpaired) electrons. The average molecular weight is 344 g/mol. The van der Waals surface area contributed by atoms with E-state index in [1.165, 1.54) is 11.3 Å². The lowest BCUT2D eigenvalue weighted by Gasteiger charge is -2.16. The fraction of sp³-hybridized carbons (Fsp3) is 0.353. The van der Waals surface area contributed by atoms with E-state index in [-0.39, 0.29) is 11.9 Å². The Balaban J connectivity index is 1.50. The Morgan fingerprint density at radius 1 is 1.33 bits per heavy atom. The molecule has 1 aromatic heterocycles. The van der Waals surface area contributed by atoms with Gasteiger partial charge in [0.05, 0.1) is 6.54 Å². The molecule has 2 aromatic rings. The molecule has 2 heterocycles. The largest absolute Gasteiger partial charge is 0.334 e. The van der Waals surface area contributed by atoms with Gasteiger partial charge in [-0.1, -0.05) is 12.1 Å².